The van der Waals surface area contributed by atoms with Crippen molar-refractivity contribution < 1.29 is 53.2 Å². The van der Waals surface area contributed by atoms with Crippen molar-refractivity contribution in [1.82, 2.24) is 10.6 Å². The fourth-order valence-corrected chi connectivity index (χ4v) is 9.17. The number of aromatic hydroxyl groups is 1. The van der Waals surface area contributed by atoms with Crippen molar-refractivity contribution in [2.45, 2.75) is 26.9 Å². The average molecular weight is 992 g/mol. The molecular weight excluding hydrogens is 956 g/mol. The Bertz CT molecular complexity index is 3860. The molecule has 0 radical (unpaired) electrons. The molecule has 0 saturated heterocycles. The summed E-state index contributed by atoms with van der Waals surface area (Å²) in [6.07, 6.45) is 0. The molecule has 9 rings (SSSR count). The highest BCUT2D eigenvalue weighted by molar-refractivity contribution is 6.41. The van der Waals surface area contributed by atoms with Crippen LogP contribution < -0.4 is 27.2 Å². The SMILES string of the molecule is Cc1cc2c(-c3c(Cl)cc(C(=O)NCc4ccc(C(=O)NCc5c6oc7cc(O)ccc7c(-c7ccc(C(=O)O)cc7C(=O)O)c-6ccc5=O)cc4)c(Cl)c3C(=O)O)c3cc(C)c(=N)cc-3oc2cc1N. The van der Waals surface area contributed by atoms with Gasteiger partial charge in [-0.2, -0.15) is 0 Å². The van der Waals surface area contributed by atoms with Gasteiger partial charge in [0.2, 0.25) is 0 Å². The van der Waals surface area contributed by atoms with Crippen LogP contribution in [0.4, 0.5) is 5.69 Å². The van der Waals surface area contributed by atoms with Crippen LogP contribution in [0, 0.1) is 19.3 Å². The molecule has 0 atom stereocenters. The minimum absolute atomic E-state index is 0.00217. The van der Waals surface area contributed by atoms with E-state index in [1.165, 1.54) is 66.7 Å². The van der Waals surface area contributed by atoms with Crippen LogP contribution in [0.15, 0.2) is 117 Å². The number of amides is 2. The van der Waals surface area contributed by atoms with Crippen LogP contribution in [0.3, 0.4) is 0 Å². The number of nitrogen functional groups attached to an aromatic ring is 1. The fraction of sp³-hybridized carbons (Fsp3) is 0.0755. The third kappa shape index (κ3) is 8.51. The zero-order valence-electron chi connectivity index (χ0n) is 37.1. The minimum atomic E-state index is -1.46. The molecule has 4 aliphatic rings. The Morgan fingerprint density at radius 2 is 1.32 bits per heavy atom. The van der Waals surface area contributed by atoms with Crippen LogP contribution in [0.2, 0.25) is 10.0 Å². The highest BCUT2D eigenvalue weighted by atomic mass is 35.5. The summed E-state index contributed by atoms with van der Waals surface area (Å²) >= 11 is 13.7. The quantitative estimate of drug-likeness (QED) is 0.0443. The molecule has 0 aromatic heterocycles. The number of benzene rings is 7. The summed E-state index contributed by atoms with van der Waals surface area (Å²) in [6, 6.07) is 24.3. The smallest absolute Gasteiger partial charge is 0.337 e. The molecule has 18 heteroatoms. The summed E-state index contributed by atoms with van der Waals surface area (Å²) < 4.78 is 12.3. The van der Waals surface area contributed by atoms with Crippen molar-refractivity contribution in [3.63, 3.8) is 0 Å². The maximum atomic E-state index is 13.7. The van der Waals surface area contributed by atoms with Gasteiger partial charge >= 0.3 is 17.9 Å². The lowest BCUT2D eigenvalue weighted by Crippen LogP contribution is -2.27. The summed E-state index contributed by atoms with van der Waals surface area (Å²) in [6.45, 7) is 3.07. The van der Waals surface area contributed by atoms with E-state index in [-0.39, 0.29) is 101 Å². The number of phenols is 1. The molecule has 5 aromatic carbocycles. The zero-order chi connectivity index (χ0) is 50.7. The molecular formula is C53H36Cl2N4O12. The van der Waals surface area contributed by atoms with Gasteiger partial charge in [0.15, 0.2) is 5.43 Å². The van der Waals surface area contributed by atoms with Gasteiger partial charge in [0.25, 0.3) is 11.8 Å². The second-order valence-electron chi connectivity index (χ2n) is 16.6. The Kier molecular flexibility index (Phi) is 12.0. The number of carboxylic acid groups (broad SMARTS) is 3. The molecule has 0 bridgehead atoms. The highest BCUT2D eigenvalue weighted by Gasteiger charge is 2.31. The standard InChI is InChI=1S/C53H36Cl2N4O12/c1-22-13-32-41(18-37(22)56)70-42-19-38(57)23(2)14-33(42)44(32)45-36(54)17-34(47(55)46(45)53(68)69)50(63)58-20-24-3-5-25(6-4-24)49(62)59-21-35-39(61)12-11-30-43(29-10-8-27(60)16-40(29)71-48(30)35)28-9-7-26(51(64)65)15-31(28)52(66)67/h3-19,56,60H,20-21,57H2,1-2H3,(H,58,63)(H,59,62)(H,64,65)(H,66,67)(H,68,69). The van der Waals surface area contributed by atoms with Gasteiger partial charge in [0.1, 0.15) is 28.4 Å². The molecule has 2 aliphatic heterocycles. The number of aryl methyl sites for hydroxylation is 2. The third-order valence-electron chi connectivity index (χ3n) is 12.2. The van der Waals surface area contributed by atoms with E-state index in [9.17, 15) is 49.2 Å². The Balaban J connectivity index is 0.965. The number of carbonyl (C=O) groups is 5. The predicted octanol–water partition coefficient (Wildman–Crippen LogP) is 9.73. The fourth-order valence-electron chi connectivity index (χ4n) is 8.55. The second kappa shape index (κ2) is 18.2. The maximum Gasteiger partial charge on any atom is 0.337 e. The van der Waals surface area contributed by atoms with Gasteiger partial charge in [-0.25, -0.2) is 14.4 Å². The van der Waals surface area contributed by atoms with Gasteiger partial charge in [-0.15, -0.1) is 0 Å². The number of rotatable bonds is 11. The number of halogens is 2. The molecule has 5 aromatic rings. The lowest BCUT2D eigenvalue weighted by atomic mass is 9.88. The van der Waals surface area contributed by atoms with Gasteiger partial charge in [-0.3, -0.25) is 14.4 Å². The van der Waals surface area contributed by atoms with E-state index in [0.29, 0.717) is 49.9 Å². The molecule has 2 aliphatic carbocycles. The number of hydrogen-bond donors (Lipinski definition) is 8. The first-order chi connectivity index (χ1) is 33.8. The van der Waals surface area contributed by atoms with E-state index in [2.05, 4.69) is 10.6 Å². The number of anilines is 1. The largest absolute Gasteiger partial charge is 0.508 e. The Labute approximate surface area is 410 Å². The van der Waals surface area contributed by atoms with Gasteiger partial charge < -0.3 is 51.0 Å². The Morgan fingerprint density at radius 3 is 2.03 bits per heavy atom. The number of hydrogen-bond acceptors (Lipinski definition) is 11. The summed E-state index contributed by atoms with van der Waals surface area (Å²) in [5, 5.41) is 55.0. The van der Waals surface area contributed by atoms with Gasteiger partial charge in [0.05, 0.1) is 49.8 Å². The number of nitrogens with two attached hydrogens (primary N) is 1. The molecule has 71 heavy (non-hydrogen) atoms. The van der Waals surface area contributed by atoms with Crippen LogP contribution in [-0.4, -0.2) is 50.1 Å². The van der Waals surface area contributed by atoms with E-state index in [4.69, 9.17) is 43.2 Å². The molecule has 0 fully saturated rings. The molecule has 0 saturated carbocycles. The first-order valence-electron chi connectivity index (χ1n) is 21.4. The van der Waals surface area contributed by atoms with Crippen molar-refractivity contribution in [1.29, 1.82) is 5.41 Å². The van der Waals surface area contributed by atoms with E-state index >= 15 is 0 Å². The summed E-state index contributed by atoms with van der Waals surface area (Å²) in [5.41, 5.74) is 8.69. The van der Waals surface area contributed by atoms with E-state index in [1.54, 1.807) is 44.2 Å². The number of aromatic carboxylic acids is 3. The van der Waals surface area contributed by atoms with Crippen molar-refractivity contribution >= 4 is 80.6 Å². The van der Waals surface area contributed by atoms with Gasteiger partial charge in [-0.1, -0.05) is 41.4 Å². The first kappa shape index (κ1) is 47.1. The number of fused-ring (bicyclic) bond motifs is 4. The summed E-state index contributed by atoms with van der Waals surface area (Å²) in [7, 11) is 0. The van der Waals surface area contributed by atoms with Gasteiger partial charge in [0, 0.05) is 74.6 Å². The van der Waals surface area contributed by atoms with Crippen molar-refractivity contribution in [2.24, 2.45) is 0 Å². The third-order valence-corrected chi connectivity index (χ3v) is 12.9. The lowest BCUT2D eigenvalue weighted by molar-refractivity contribution is 0.0682. The molecule has 9 N–H and O–H groups in total. The van der Waals surface area contributed by atoms with Gasteiger partial charge in [-0.05, 0) is 103 Å². The van der Waals surface area contributed by atoms with Crippen molar-refractivity contribution in [2.75, 3.05) is 5.73 Å². The second-order valence-corrected chi connectivity index (χ2v) is 17.4. The van der Waals surface area contributed by atoms with E-state index < -0.39 is 40.7 Å². The molecule has 16 nitrogen and oxygen atoms in total. The Hall–Kier alpha value is -8.99. The average Bonchev–Trinajstić information content (AvgIpc) is 3.33. The zero-order valence-corrected chi connectivity index (χ0v) is 38.6. The summed E-state index contributed by atoms with van der Waals surface area (Å²) in [5.74, 6) is -5.49. The van der Waals surface area contributed by atoms with Crippen LogP contribution in [0.5, 0.6) is 5.75 Å². The van der Waals surface area contributed by atoms with Crippen molar-refractivity contribution in [3.05, 3.63) is 179 Å². The number of carboxylic acids is 3. The van der Waals surface area contributed by atoms with Crippen LogP contribution >= 0.6 is 23.2 Å². The number of nitrogens with one attached hydrogen (secondary N) is 3. The predicted molar refractivity (Wildman–Crippen MR) is 264 cm³/mol. The van der Waals surface area contributed by atoms with Crippen LogP contribution in [-0.2, 0) is 13.1 Å². The van der Waals surface area contributed by atoms with E-state index in [1.807, 2.05) is 0 Å². The molecule has 0 spiro atoms. The molecule has 2 amide bonds. The highest BCUT2D eigenvalue weighted by Crippen LogP contribution is 2.48. The monoisotopic (exact) mass is 990 g/mol. The lowest BCUT2D eigenvalue weighted by Gasteiger charge is -2.21. The number of carbonyl (C=O) groups excluding carboxylic acids is 2. The molecule has 2 heterocycles. The summed E-state index contributed by atoms with van der Waals surface area (Å²) in [4.78, 5) is 77.9. The minimum Gasteiger partial charge on any atom is -0.508 e. The molecule has 0 unspecified atom stereocenters. The topological polar surface area (TPSA) is 284 Å². The number of phenolic OH excluding ortho intramolecular Hbond substituents is 1. The normalized spacial score (nSPS) is 11.3. The maximum absolute atomic E-state index is 13.7. The van der Waals surface area contributed by atoms with Crippen LogP contribution in [0.1, 0.15) is 74.0 Å². The Morgan fingerprint density at radius 1 is 0.634 bits per heavy atom. The van der Waals surface area contributed by atoms with Crippen LogP contribution in [0.25, 0.3) is 66.8 Å². The molecule has 354 valence electrons. The first-order valence-corrected chi connectivity index (χ1v) is 22.1. The van der Waals surface area contributed by atoms with E-state index in [0.717, 1.165) is 6.07 Å². The van der Waals surface area contributed by atoms with Crippen molar-refractivity contribution in [3.8, 4) is 50.7 Å².